The lowest BCUT2D eigenvalue weighted by Gasteiger charge is -2.24. The zero-order valence-electron chi connectivity index (χ0n) is 18.6. The van der Waals surface area contributed by atoms with Gasteiger partial charge in [-0.1, -0.05) is 42.6 Å². The summed E-state index contributed by atoms with van der Waals surface area (Å²) in [6.45, 7) is 4.88. The summed E-state index contributed by atoms with van der Waals surface area (Å²) in [5.74, 6) is 3.55. The number of aryl methyl sites for hydroxylation is 1. The van der Waals surface area contributed by atoms with Crippen molar-refractivity contribution in [2.75, 3.05) is 11.9 Å². The van der Waals surface area contributed by atoms with Crippen molar-refractivity contribution in [1.82, 2.24) is 0 Å². The summed E-state index contributed by atoms with van der Waals surface area (Å²) in [6.07, 6.45) is 9.43. The minimum absolute atomic E-state index is 0.289. The van der Waals surface area contributed by atoms with Gasteiger partial charge < -0.3 is 10.1 Å². The summed E-state index contributed by atoms with van der Waals surface area (Å²) in [4.78, 5) is 0. The van der Waals surface area contributed by atoms with E-state index in [-0.39, 0.29) is 11.2 Å². The molecule has 2 nitrogen and oxygen atoms in total. The summed E-state index contributed by atoms with van der Waals surface area (Å²) >= 11 is 5.93. The number of hydrogen-bond donors (Lipinski definition) is 1. The van der Waals surface area contributed by atoms with Crippen LogP contribution in [-0.2, 0) is 11.8 Å². The van der Waals surface area contributed by atoms with Crippen LogP contribution >= 0.6 is 11.6 Å². The number of anilines is 2. The van der Waals surface area contributed by atoms with Crippen molar-refractivity contribution >= 4 is 23.0 Å². The number of hydrogen-bond acceptors (Lipinski definition) is 2. The first kappa shape index (κ1) is 23.7. The summed E-state index contributed by atoms with van der Waals surface area (Å²) in [6, 6.07) is 20.5. The second kappa shape index (κ2) is 11.1. The van der Waals surface area contributed by atoms with E-state index in [0.29, 0.717) is 17.3 Å². The van der Waals surface area contributed by atoms with E-state index >= 15 is 0 Å². The van der Waals surface area contributed by atoms with E-state index in [1.165, 1.54) is 6.07 Å². The fraction of sp³-hybridized carbons (Fsp3) is 0.286. The maximum absolute atomic E-state index is 14.3. The smallest absolute Gasteiger partial charge is 0.146 e. The quantitative estimate of drug-likeness (QED) is 0.317. The molecule has 0 heterocycles. The number of ether oxygens (including phenoxy) is 1. The summed E-state index contributed by atoms with van der Waals surface area (Å²) in [5, 5.41) is 3.77. The minimum Gasteiger partial charge on any atom is -0.494 e. The SMILES string of the molecule is C#CC(C)(CCCc1ccc(F)c(Nc2ccc(Cl)cc2)c1)c1ccc(OCCC)cc1. The van der Waals surface area contributed by atoms with Gasteiger partial charge in [0, 0.05) is 10.7 Å². The lowest BCUT2D eigenvalue weighted by atomic mass is 9.78. The molecular weight excluding hydrogens is 421 g/mol. The van der Waals surface area contributed by atoms with Crippen LogP contribution in [0.25, 0.3) is 0 Å². The van der Waals surface area contributed by atoms with E-state index in [9.17, 15) is 4.39 Å². The molecule has 0 radical (unpaired) electrons. The van der Waals surface area contributed by atoms with Gasteiger partial charge in [0.1, 0.15) is 11.6 Å². The van der Waals surface area contributed by atoms with Crippen LogP contribution in [-0.4, -0.2) is 6.61 Å². The molecule has 1 atom stereocenters. The van der Waals surface area contributed by atoms with Gasteiger partial charge in [0.05, 0.1) is 17.7 Å². The molecule has 1 N–H and O–H groups in total. The van der Waals surface area contributed by atoms with Crippen LogP contribution in [0, 0.1) is 18.2 Å². The van der Waals surface area contributed by atoms with Gasteiger partial charge in [-0.05, 0) is 92.3 Å². The van der Waals surface area contributed by atoms with E-state index in [2.05, 4.69) is 37.2 Å². The van der Waals surface area contributed by atoms with Crippen molar-refractivity contribution < 1.29 is 9.13 Å². The Morgan fingerprint density at radius 3 is 2.44 bits per heavy atom. The Hall–Kier alpha value is -2.96. The van der Waals surface area contributed by atoms with Crippen molar-refractivity contribution in [1.29, 1.82) is 0 Å². The zero-order chi connectivity index (χ0) is 23.0. The molecular formula is C28H29ClFNO. The maximum atomic E-state index is 14.3. The average molecular weight is 450 g/mol. The van der Waals surface area contributed by atoms with E-state index in [1.807, 2.05) is 36.4 Å². The largest absolute Gasteiger partial charge is 0.494 e. The zero-order valence-corrected chi connectivity index (χ0v) is 19.4. The normalized spacial score (nSPS) is 12.6. The molecule has 0 fully saturated rings. The van der Waals surface area contributed by atoms with Gasteiger partial charge in [0.15, 0.2) is 0 Å². The Labute approximate surface area is 195 Å². The third-order valence-electron chi connectivity index (χ3n) is 5.58. The topological polar surface area (TPSA) is 21.3 Å². The van der Waals surface area contributed by atoms with Crippen LogP contribution in [0.5, 0.6) is 5.75 Å². The molecule has 0 aliphatic carbocycles. The van der Waals surface area contributed by atoms with E-state index in [0.717, 1.165) is 48.2 Å². The molecule has 0 aromatic heterocycles. The summed E-state index contributed by atoms with van der Waals surface area (Å²) < 4.78 is 20.0. The lowest BCUT2D eigenvalue weighted by molar-refractivity contribution is 0.317. The Balaban J connectivity index is 1.63. The molecule has 0 aliphatic rings. The number of nitrogens with one attached hydrogen (secondary N) is 1. The second-order valence-corrected chi connectivity index (χ2v) is 8.59. The highest BCUT2D eigenvalue weighted by Gasteiger charge is 2.23. The third-order valence-corrected chi connectivity index (χ3v) is 5.83. The molecule has 32 heavy (non-hydrogen) atoms. The van der Waals surface area contributed by atoms with Crippen LogP contribution in [0.15, 0.2) is 66.7 Å². The molecule has 3 aromatic rings. The van der Waals surface area contributed by atoms with Gasteiger partial charge in [0.2, 0.25) is 0 Å². The number of benzene rings is 3. The van der Waals surface area contributed by atoms with Crippen molar-refractivity contribution in [3.63, 3.8) is 0 Å². The van der Waals surface area contributed by atoms with Crippen LogP contribution in [0.4, 0.5) is 15.8 Å². The fourth-order valence-electron chi connectivity index (χ4n) is 3.60. The predicted octanol–water partition coefficient (Wildman–Crippen LogP) is 7.93. The standard InChI is InChI=1S/C28H29ClFNO/c1-4-19-32-25-15-9-22(10-16-25)28(3,5-2)18-6-7-21-8-17-26(30)27(20-21)31-24-13-11-23(29)12-14-24/h2,8-17,20,31H,4,6-7,18-19H2,1,3H3. The van der Waals surface area contributed by atoms with E-state index in [1.54, 1.807) is 12.1 Å². The van der Waals surface area contributed by atoms with Crippen LogP contribution in [0.2, 0.25) is 5.02 Å². The second-order valence-electron chi connectivity index (χ2n) is 8.15. The molecule has 0 aliphatic heterocycles. The minimum atomic E-state index is -0.367. The highest BCUT2D eigenvalue weighted by molar-refractivity contribution is 6.30. The Morgan fingerprint density at radius 1 is 1.06 bits per heavy atom. The van der Waals surface area contributed by atoms with Gasteiger partial charge in [-0.2, -0.15) is 0 Å². The lowest BCUT2D eigenvalue weighted by Crippen LogP contribution is -2.19. The van der Waals surface area contributed by atoms with Gasteiger partial charge in [-0.25, -0.2) is 4.39 Å². The molecule has 0 bridgehead atoms. The van der Waals surface area contributed by atoms with Gasteiger partial charge in [-0.3, -0.25) is 0 Å². The fourth-order valence-corrected chi connectivity index (χ4v) is 3.72. The van der Waals surface area contributed by atoms with Crippen molar-refractivity contribution in [3.8, 4) is 18.1 Å². The first-order valence-corrected chi connectivity index (χ1v) is 11.3. The summed E-state index contributed by atoms with van der Waals surface area (Å²) in [7, 11) is 0. The third kappa shape index (κ3) is 6.28. The monoisotopic (exact) mass is 449 g/mol. The molecule has 0 amide bonds. The molecule has 3 rings (SSSR count). The van der Waals surface area contributed by atoms with Gasteiger partial charge in [0.25, 0.3) is 0 Å². The number of rotatable bonds is 10. The summed E-state index contributed by atoms with van der Waals surface area (Å²) in [5.41, 5.74) is 3.04. The van der Waals surface area contributed by atoms with Crippen LogP contribution in [0.3, 0.4) is 0 Å². The van der Waals surface area contributed by atoms with Gasteiger partial charge in [-0.15, -0.1) is 6.42 Å². The Kier molecular flexibility index (Phi) is 8.20. The Morgan fingerprint density at radius 2 is 1.78 bits per heavy atom. The molecule has 166 valence electrons. The first-order valence-electron chi connectivity index (χ1n) is 11.0. The maximum Gasteiger partial charge on any atom is 0.146 e. The van der Waals surface area contributed by atoms with Gasteiger partial charge >= 0.3 is 0 Å². The van der Waals surface area contributed by atoms with Crippen LogP contribution < -0.4 is 10.1 Å². The highest BCUT2D eigenvalue weighted by atomic mass is 35.5. The molecule has 4 heteroatoms. The van der Waals surface area contributed by atoms with Crippen molar-refractivity contribution in [2.24, 2.45) is 0 Å². The Bertz CT molecular complexity index is 1060. The number of terminal acetylenes is 1. The molecule has 0 spiro atoms. The van der Waals surface area contributed by atoms with Crippen molar-refractivity contribution in [3.05, 3.63) is 88.7 Å². The molecule has 3 aromatic carbocycles. The molecule has 0 saturated carbocycles. The highest BCUT2D eigenvalue weighted by Crippen LogP contribution is 2.31. The molecule has 0 saturated heterocycles. The molecule has 1 unspecified atom stereocenters. The number of halogens is 2. The van der Waals surface area contributed by atoms with Crippen LogP contribution in [0.1, 0.15) is 44.2 Å². The van der Waals surface area contributed by atoms with Crippen molar-refractivity contribution in [2.45, 2.75) is 44.9 Å². The predicted molar refractivity (Wildman–Crippen MR) is 132 cm³/mol. The first-order chi connectivity index (χ1) is 15.4. The average Bonchev–Trinajstić information content (AvgIpc) is 2.81. The van der Waals surface area contributed by atoms with E-state index in [4.69, 9.17) is 22.8 Å². The van der Waals surface area contributed by atoms with E-state index < -0.39 is 0 Å².